The number of carbonyl (C=O) groups excluding carboxylic acids is 2. The van der Waals surface area contributed by atoms with Gasteiger partial charge in [0.25, 0.3) is 5.91 Å². The molecular weight excluding hydrogens is 459 g/mol. The van der Waals surface area contributed by atoms with E-state index in [2.05, 4.69) is 0 Å². The lowest BCUT2D eigenvalue weighted by molar-refractivity contribution is -0.132. The van der Waals surface area contributed by atoms with Gasteiger partial charge in [0.1, 0.15) is 5.82 Å². The zero-order chi connectivity index (χ0) is 23.5. The van der Waals surface area contributed by atoms with Crippen LogP contribution in [0.25, 0.3) is 0 Å². The van der Waals surface area contributed by atoms with E-state index >= 15 is 0 Å². The topological polar surface area (TPSA) is 102 Å². The van der Waals surface area contributed by atoms with Gasteiger partial charge in [-0.3, -0.25) is 9.59 Å². The zero-order valence-electron chi connectivity index (χ0n) is 17.2. The van der Waals surface area contributed by atoms with Crippen LogP contribution in [0.3, 0.4) is 0 Å². The van der Waals surface area contributed by atoms with Gasteiger partial charge in [-0.15, -0.1) is 0 Å². The van der Waals surface area contributed by atoms with E-state index in [4.69, 9.17) is 16.9 Å². The van der Waals surface area contributed by atoms with Gasteiger partial charge in [-0.05, 0) is 42.5 Å². The van der Waals surface area contributed by atoms with Crippen LogP contribution < -0.4 is 0 Å². The molecule has 2 aromatic carbocycles. The van der Waals surface area contributed by atoms with Gasteiger partial charge in [-0.2, -0.15) is 9.57 Å². The normalized spacial score (nSPS) is 14.3. The van der Waals surface area contributed by atoms with Crippen molar-refractivity contribution >= 4 is 33.4 Å². The highest BCUT2D eigenvalue weighted by Gasteiger charge is 2.29. The first kappa shape index (κ1) is 23.7. The van der Waals surface area contributed by atoms with E-state index in [1.165, 1.54) is 47.2 Å². The summed E-state index contributed by atoms with van der Waals surface area (Å²) in [5, 5.41) is 8.86. The third kappa shape index (κ3) is 5.07. The Morgan fingerprint density at radius 2 is 1.69 bits per heavy atom. The van der Waals surface area contributed by atoms with Gasteiger partial charge in [0.15, 0.2) is 0 Å². The van der Waals surface area contributed by atoms with Crippen molar-refractivity contribution in [3.63, 3.8) is 0 Å². The molecule has 0 unspecified atom stereocenters. The molecule has 2 amide bonds. The molecule has 2 aromatic rings. The van der Waals surface area contributed by atoms with E-state index in [1.807, 2.05) is 6.07 Å². The molecule has 3 rings (SSSR count). The number of benzene rings is 2. The average molecular weight is 479 g/mol. The zero-order valence-corrected chi connectivity index (χ0v) is 18.7. The summed E-state index contributed by atoms with van der Waals surface area (Å²) < 4.78 is 39.5. The Bertz CT molecular complexity index is 1170. The highest BCUT2D eigenvalue weighted by Crippen LogP contribution is 2.20. The summed E-state index contributed by atoms with van der Waals surface area (Å²) >= 11 is 5.96. The van der Waals surface area contributed by atoms with Crippen molar-refractivity contribution in [2.45, 2.75) is 4.90 Å². The first-order valence-corrected chi connectivity index (χ1v) is 11.4. The molecule has 8 nitrogen and oxygen atoms in total. The predicted molar refractivity (Wildman–Crippen MR) is 115 cm³/mol. The Morgan fingerprint density at radius 3 is 2.25 bits per heavy atom. The van der Waals surface area contributed by atoms with E-state index in [-0.39, 0.29) is 54.1 Å². The van der Waals surface area contributed by atoms with Gasteiger partial charge in [-0.25, -0.2) is 12.8 Å². The number of halogens is 2. The third-order valence-electron chi connectivity index (χ3n) is 5.13. The van der Waals surface area contributed by atoms with E-state index in [1.54, 1.807) is 0 Å². The molecule has 32 heavy (non-hydrogen) atoms. The van der Waals surface area contributed by atoms with Crippen LogP contribution in [0.5, 0.6) is 0 Å². The minimum absolute atomic E-state index is 0.0154. The van der Waals surface area contributed by atoms with Gasteiger partial charge >= 0.3 is 0 Å². The molecule has 0 spiro atoms. The summed E-state index contributed by atoms with van der Waals surface area (Å²) in [6, 6.07) is 10.9. The van der Waals surface area contributed by atoms with Gasteiger partial charge in [0.2, 0.25) is 15.9 Å². The largest absolute Gasteiger partial charge is 0.338 e. The highest BCUT2D eigenvalue weighted by molar-refractivity contribution is 7.89. The van der Waals surface area contributed by atoms with Crippen LogP contribution in [-0.2, 0) is 14.8 Å². The molecule has 1 aliphatic heterocycles. The second-order valence-electron chi connectivity index (χ2n) is 7.19. The lowest BCUT2D eigenvalue weighted by Gasteiger charge is -2.35. The molecule has 0 N–H and O–H groups in total. The fraction of sp³-hybridized carbons (Fsp3) is 0.286. The van der Waals surface area contributed by atoms with Crippen molar-refractivity contribution in [1.82, 2.24) is 14.1 Å². The van der Waals surface area contributed by atoms with Crippen molar-refractivity contribution in [1.29, 1.82) is 5.26 Å². The molecule has 1 fully saturated rings. The first-order valence-electron chi connectivity index (χ1n) is 9.62. The fourth-order valence-electron chi connectivity index (χ4n) is 3.25. The van der Waals surface area contributed by atoms with E-state index in [0.29, 0.717) is 5.56 Å². The first-order chi connectivity index (χ1) is 15.1. The standard InChI is InChI=1S/C21H20ClFN4O4S/c1-25(32(30,31)17-5-2-15(13-24)3-6-17)14-20(28)26-8-10-27(11-9-26)21(29)18-7-4-16(23)12-19(18)22/h2-7,12H,8-11,14H2,1H3. The van der Waals surface area contributed by atoms with Gasteiger partial charge in [0, 0.05) is 33.2 Å². The van der Waals surface area contributed by atoms with Crippen LogP contribution in [0.4, 0.5) is 4.39 Å². The Morgan fingerprint density at radius 1 is 1.09 bits per heavy atom. The van der Waals surface area contributed by atoms with Crippen LogP contribution in [0, 0.1) is 17.1 Å². The molecule has 1 saturated heterocycles. The lowest BCUT2D eigenvalue weighted by atomic mass is 10.1. The second kappa shape index (κ2) is 9.65. The highest BCUT2D eigenvalue weighted by atomic mass is 35.5. The summed E-state index contributed by atoms with van der Waals surface area (Å²) in [4.78, 5) is 28.2. The Balaban J connectivity index is 1.59. The molecule has 11 heteroatoms. The molecule has 0 bridgehead atoms. The van der Waals surface area contributed by atoms with Crippen molar-refractivity contribution in [3.8, 4) is 6.07 Å². The summed E-state index contributed by atoms with van der Waals surface area (Å²) in [6.07, 6.45) is 0. The van der Waals surface area contributed by atoms with Crippen LogP contribution in [0.1, 0.15) is 15.9 Å². The molecule has 1 heterocycles. The molecule has 0 aromatic heterocycles. The molecular formula is C21H20ClFN4O4S. The third-order valence-corrected chi connectivity index (χ3v) is 7.26. The molecule has 0 aliphatic carbocycles. The van der Waals surface area contributed by atoms with Crippen molar-refractivity contribution in [2.75, 3.05) is 39.8 Å². The number of piperazine rings is 1. The Kier molecular flexibility index (Phi) is 7.13. The minimum Gasteiger partial charge on any atom is -0.338 e. The van der Waals surface area contributed by atoms with Crippen LogP contribution in [0.15, 0.2) is 47.4 Å². The summed E-state index contributed by atoms with van der Waals surface area (Å²) in [5.41, 5.74) is 0.512. The van der Waals surface area contributed by atoms with E-state index < -0.39 is 21.7 Å². The SMILES string of the molecule is CN(CC(=O)N1CCN(C(=O)c2ccc(F)cc2Cl)CC1)S(=O)(=O)c1ccc(C#N)cc1. The lowest BCUT2D eigenvalue weighted by Crippen LogP contribution is -2.52. The number of likely N-dealkylation sites (N-methyl/N-ethyl adjacent to an activating group) is 1. The maximum atomic E-state index is 13.2. The van der Waals surface area contributed by atoms with E-state index in [9.17, 15) is 22.4 Å². The van der Waals surface area contributed by atoms with Gasteiger partial charge in [0.05, 0.1) is 33.7 Å². The monoisotopic (exact) mass is 478 g/mol. The van der Waals surface area contributed by atoms with Gasteiger partial charge in [-0.1, -0.05) is 11.6 Å². The summed E-state index contributed by atoms with van der Waals surface area (Å²) in [5.74, 6) is -1.29. The predicted octanol–water partition coefficient (Wildman–Crippen LogP) is 1.96. The number of nitriles is 1. The van der Waals surface area contributed by atoms with Crippen LogP contribution in [0.2, 0.25) is 5.02 Å². The maximum Gasteiger partial charge on any atom is 0.255 e. The maximum absolute atomic E-state index is 13.2. The van der Waals surface area contributed by atoms with E-state index in [0.717, 1.165) is 16.4 Å². The van der Waals surface area contributed by atoms with Gasteiger partial charge < -0.3 is 9.80 Å². The molecule has 168 valence electrons. The van der Waals surface area contributed by atoms with Crippen molar-refractivity contribution in [3.05, 3.63) is 64.4 Å². The number of carbonyl (C=O) groups is 2. The van der Waals surface area contributed by atoms with Crippen LogP contribution >= 0.6 is 11.6 Å². The number of sulfonamides is 1. The molecule has 0 atom stereocenters. The molecule has 1 aliphatic rings. The van der Waals surface area contributed by atoms with Crippen molar-refractivity contribution < 1.29 is 22.4 Å². The molecule has 0 radical (unpaired) electrons. The summed E-state index contributed by atoms with van der Waals surface area (Å²) in [7, 11) is -2.59. The van der Waals surface area contributed by atoms with Crippen molar-refractivity contribution in [2.24, 2.45) is 0 Å². The molecule has 0 saturated carbocycles. The number of rotatable bonds is 5. The second-order valence-corrected chi connectivity index (χ2v) is 9.65. The number of nitrogens with zero attached hydrogens (tertiary/aromatic N) is 4. The van der Waals surface area contributed by atoms with Crippen LogP contribution in [-0.4, -0.2) is 74.1 Å². The fourth-order valence-corrected chi connectivity index (χ4v) is 4.62. The Hall–Kier alpha value is -3.00. The number of hydrogen-bond donors (Lipinski definition) is 0. The summed E-state index contributed by atoms with van der Waals surface area (Å²) in [6.45, 7) is 0.580. The number of hydrogen-bond acceptors (Lipinski definition) is 5. The quantitative estimate of drug-likeness (QED) is 0.653. The smallest absolute Gasteiger partial charge is 0.255 e. The Labute approximate surface area is 190 Å². The average Bonchev–Trinajstić information content (AvgIpc) is 2.78. The number of amides is 2. The minimum atomic E-state index is -3.90.